The normalized spacial score (nSPS) is 14.4. The fraction of sp³-hybridized carbons (Fsp3) is 0.450. The minimum atomic E-state index is -4.99. The lowest BCUT2D eigenvalue weighted by molar-refractivity contribution is -0.393. The van der Waals surface area contributed by atoms with E-state index in [4.69, 9.17) is 0 Å². The summed E-state index contributed by atoms with van der Waals surface area (Å²) in [6.45, 7) is 2.46. The number of anilines is 2. The van der Waals surface area contributed by atoms with Crippen molar-refractivity contribution in [3.05, 3.63) is 59.4 Å². The third kappa shape index (κ3) is 4.93. The molecule has 0 aliphatic carbocycles. The molecule has 16 heteroatoms. The van der Waals surface area contributed by atoms with Crippen LogP contribution in [0.1, 0.15) is 30.3 Å². The Kier molecular flexibility index (Phi) is 6.79. The minimum absolute atomic E-state index is 0.0263. The molecule has 0 atom stereocenters. The van der Waals surface area contributed by atoms with Gasteiger partial charge in [0.1, 0.15) is 10.8 Å². The quantitative estimate of drug-likeness (QED) is 0.333. The summed E-state index contributed by atoms with van der Waals surface area (Å²) in [5.41, 5.74) is -4.31. The molecule has 0 radical (unpaired) electrons. The maximum absolute atomic E-state index is 13.2. The molecule has 0 saturated carbocycles. The van der Waals surface area contributed by atoms with Crippen molar-refractivity contribution >= 4 is 39.2 Å². The Morgan fingerprint density at radius 2 is 1.61 bits per heavy atom. The highest BCUT2D eigenvalue weighted by Crippen LogP contribution is 2.43. The molecule has 1 saturated heterocycles. The summed E-state index contributed by atoms with van der Waals surface area (Å²) >= 11 is 1.30. The molecule has 1 aliphatic rings. The smallest absolute Gasteiger partial charge is 0.357 e. The first-order valence-electron chi connectivity index (χ1n) is 10.9. The molecule has 3 heterocycles. The predicted octanol–water partition coefficient (Wildman–Crippen LogP) is 3.66. The van der Waals surface area contributed by atoms with Crippen molar-refractivity contribution < 1.29 is 23.0 Å². The fourth-order valence-electron chi connectivity index (χ4n) is 3.96. The molecule has 0 unspecified atom stereocenters. The second-order valence-electron chi connectivity index (χ2n) is 8.10. The molecule has 0 N–H and O–H groups in total. The zero-order chi connectivity index (χ0) is 26.2. The van der Waals surface area contributed by atoms with E-state index in [0.717, 1.165) is 24.3 Å². The van der Waals surface area contributed by atoms with Crippen LogP contribution in [0.3, 0.4) is 0 Å². The summed E-state index contributed by atoms with van der Waals surface area (Å²) in [4.78, 5) is 41.5. The molecule has 1 aliphatic heterocycles. The fourth-order valence-corrected chi connectivity index (χ4v) is 4.90. The number of hydrogen-bond donors (Lipinski definition) is 0. The third-order valence-corrected chi connectivity index (χ3v) is 6.70. The number of halogens is 3. The van der Waals surface area contributed by atoms with Gasteiger partial charge in [0.05, 0.1) is 15.4 Å². The van der Waals surface area contributed by atoms with Gasteiger partial charge in [0.15, 0.2) is 5.69 Å². The van der Waals surface area contributed by atoms with Crippen molar-refractivity contribution in [2.75, 3.05) is 36.0 Å². The van der Waals surface area contributed by atoms with Gasteiger partial charge in [-0.1, -0.05) is 24.7 Å². The van der Waals surface area contributed by atoms with Crippen molar-refractivity contribution in [1.29, 1.82) is 0 Å². The van der Waals surface area contributed by atoms with Crippen molar-refractivity contribution in [3.63, 3.8) is 0 Å². The highest BCUT2D eigenvalue weighted by molar-refractivity contribution is 7.16. The summed E-state index contributed by atoms with van der Waals surface area (Å²) in [5, 5.41) is 28.2. The van der Waals surface area contributed by atoms with Gasteiger partial charge in [-0.05, 0) is 6.42 Å². The number of piperazine rings is 1. The lowest BCUT2D eigenvalue weighted by Gasteiger charge is -2.36. The number of nitrogens with zero attached hydrogens (tertiary/aromatic N) is 7. The average molecular weight is 527 g/mol. The number of aromatic nitrogens is 3. The standard InChI is InChI=1S/C20H20F3N7O5S/c1-2-3-4-16-25-28-17(31)11-15(24-19(28)36-16)26-5-7-27(8-6-26)18-13(29(32)33)9-12(20(21,22)23)10-14(18)30(34)35/h9-11H,2-8H2,1H3. The van der Waals surface area contributed by atoms with Crippen LogP contribution in [-0.4, -0.2) is 50.6 Å². The molecule has 3 aromatic rings. The Bertz CT molecular complexity index is 1350. The average Bonchev–Trinajstić information content (AvgIpc) is 3.25. The highest BCUT2D eigenvalue weighted by atomic mass is 32.1. The second-order valence-corrected chi connectivity index (χ2v) is 9.14. The Morgan fingerprint density at radius 3 is 2.14 bits per heavy atom. The summed E-state index contributed by atoms with van der Waals surface area (Å²) in [6, 6.07) is 1.94. The van der Waals surface area contributed by atoms with E-state index in [1.165, 1.54) is 26.8 Å². The topological polar surface area (TPSA) is 140 Å². The largest absolute Gasteiger partial charge is 0.416 e. The zero-order valence-corrected chi connectivity index (χ0v) is 19.7. The number of hydrogen-bond acceptors (Lipinski definition) is 10. The van der Waals surface area contributed by atoms with Gasteiger partial charge in [-0.2, -0.15) is 22.8 Å². The van der Waals surface area contributed by atoms with E-state index in [-0.39, 0.29) is 31.7 Å². The van der Waals surface area contributed by atoms with Gasteiger partial charge < -0.3 is 9.80 Å². The van der Waals surface area contributed by atoms with Crippen LogP contribution in [0.5, 0.6) is 0 Å². The number of benzene rings is 1. The number of alkyl halides is 3. The number of aryl methyl sites for hydroxylation is 1. The molecule has 1 aromatic carbocycles. The Morgan fingerprint density at radius 1 is 1.03 bits per heavy atom. The molecule has 1 fully saturated rings. The summed E-state index contributed by atoms with van der Waals surface area (Å²) in [6.07, 6.45) is -2.37. The van der Waals surface area contributed by atoms with Crippen LogP contribution in [-0.2, 0) is 12.6 Å². The Labute approximate surface area is 204 Å². The van der Waals surface area contributed by atoms with E-state index in [0.29, 0.717) is 22.9 Å². The molecule has 0 bridgehead atoms. The number of fused-ring (bicyclic) bond motifs is 1. The zero-order valence-electron chi connectivity index (χ0n) is 18.9. The minimum Gasteiger partial charge on any atom is -0.357 e. The Balaban J connectivity index is 1.62. The van der Waals surface area contributed by atoms with Crippen LogP contribution in [0.2, 0.25) is 0 Å². The van der Waals surface area contributed by atoms with Crippen molar-refractivity contribution in [2.24, 2.45) is 0 Å². The van der Waals surface area contributed by atoms with Gasteiger partial charge in [0.25, 0.3) is 16.9 Å². The molecule has 0 amide bonds. The second kappa shape index (κ2) is 9.67. The molecular weight excluding hydrogens is 507 g/mol. The summed E-state index contributed by atoms with van der Waals surface area (Å²) < 4.78 is 40.8. The molecular formula is C20H20F3N7O5S. The van der Waals surface area contributed by atoms with Crippen molar-refractivity contribution in [1.82, 2.24) is 14.6 Å². The molecule has 4 rings (SSSR count). The van der Waals surface area contributed by atoms with Crippen LogP contribution in [0.15, 0.2) is 23.0 Å². The van der Waals surface area contributed by atoms with E-state index in [1.807, 2.05) is 6.92 Å². The van der Waals surface area contributed by atoms with E-state index in [2.05, 4.69) is 10.1 Å². The highest BCUT2D eigenvalue weighted by Gasteiger charge is 2.39. The van der Waals surface area contributed by atoms with Gasteiger partial charge in [-0.25, -0.2) is 4.98 Å². The van der Waals surface area contributed by atoms with Crippen LogP contribution in [0.25, 0.3) is 4.96 Å². The molecule has 2 aromatic heterocycles. The van der Waals surface area contributed by atoms with Crippen LogP contribution >= 0.6 is 11.3 Å². The van der Waals surface area contributed by atoms with Gasteiger partial charge in [0.2, 0.25) is 4.96 Å². The Hall–Kier alpha value is -3.82. The van der Waals surface area contributed by atoms with Crippen molar-refractivity contribution in [2.45, 2.75) is 32.4 Å². The summed E-state index contributed by atoms with van der Waals surface area (Å²) in [5.74, 6) is 0.363. The third-order valence-electron chi connectivity index (χ3n) is 5.73. The maximum Gasteiger partial charge on any atom is 0.416 e. The lowest BCUT2D eigenvalue weighted by Crippen LogP contribution is -2.47. The van der Waals surface area contributed by atoms with Gasteiger partial charge in [-0.15, -0.1) is 0 Å². The van der Waals surface area contributed by atoms with E-state index in [1.54, 1.807) is 4.90 Å². The number of unbranched alkanes of at least 4 members (excludes halogenated alkanes) is 1. The van der Waals surface area contributed by atoms with Crippen LogP contribution in [0, 0.1) is 20.2 Å². The maximum atomic E-state index is 13.2. The van der Waals surface area contributed by atoms with E-state index >= 15 is 0 Å². The van der Waals surface area contributed by atoms with E-state index in [9.17, 15) is 38.2 Å². The monoisotopic (exact) mass is 527 g/mol. The van der Waals surface area contributed by atoms with Crippen LogP contribution in [0.4, 0.5) is 36.1 Å². The SMILES string of the molecule is CCCCc1nn2c(=O)cc(N3CCN(c4c([N+](=O)[O-])cc(C(F)(F)F)cc4[N+](=O)[O-])CC3)nc2s1. The molecule has 0 spiro atoms. The first-order valence-corrected chi connectivity index (χ1v) is 11.7. The molecule has 36 heavy (non-hydrogen) atoms. The molecule has 12 nitrogen and oxygen atoms in total. The van der Waals surface area contributed by atoms with E-state index < -0.39 is 38.6 Å². The first-order chi connectivity index (χ1) is 17.0. The van der Waals surface area contributed by atoms with Gasteiger partial charge in [0, 0.05) is 50.8 Å². The van der Waals surface area contributed by atoms with Crippen LogP contribution < -0.4 is 15.4 Å². The lowest BCUT2D eigenvalue weighted by atomic mass is 10.1. The van der Waals surface area contributed by atoms with Gasteiger partial charge in [-0.3, -0.25) is 25.0 Å². The number of nitro benzene ring substituents is 2. The number of nitro groups is 2. The van der Waals surface area contributed by atoms with Gasteiger partial charge >= 0.3 is 6.18 Å². The predicted molar refractivity (Wildman–Crippen MR) is 125 cm³/mol. The van der Waals surface area contributed by atoms with Crippen molar-refractivity contribution in [3.8, 4) is 0 Å². The number of rotatable bonds is 7. The summed E-state index contributed by atoms with van der Waals surface area (Å²) in [7, 11) is 0. The first kappa shape index (κ1) is 25.3. The molecule has 192 valence electrons.